The molecule has 0 saturated carbocycles. The van der Waals surface area contributed by atoms with Crippen LogP contribution in [0.15, 0.2) is 11.8 Å². The second kappa shape index (κ2) is 2.76. The summed E-state index contributed by atoms with van der Waals surface area (Å²) in [7, 11) is 1.65. The van der Waals surface area contributed by atoms with Gasteiger partial charge < -0.3 is 4.74 Å². The molecule has 0 aliphatic carbocycles. The third kappa shape index (κ3) is 3.54. The quantitative estimate of drug-likeness (QED) is 0.440. The van der Waals surface area contributed by atoms with E-state index in [2.05, 4.69) is 4.74 Å². The van der Waals surface area contributed by atoms with Crippen LogP contribution in [0, 0.1) is 0 Å². The maximum absolute atomic E-state index is 4.64. The van der Waals surface area contributed by atoms with Crippen molar-refractivity contribution in [3.63, 3.8) is 0 Å². The van der Waals surface area contributed by atoms with Crippen molar-refractivity contribution < 1.29 is 4.74 Å². The van der Waals surface area contributed by atoms with Gasteiger partial charge in [0.1, 0.15) is 0 Å². The van der Waals surface area contributed by atoms with Gasteiger partial charge in [0, 0.05) is 0 Å². The predicted molar refractivity (Wildman–Crippen MR) is 26.4 cm³/mol. The van der Waals surface area contributed by atoms with Crippen LogP contribution in [0.25, 0.3) is 0 Å². The molecule has 0 bridgehead atoms. The first-order valence-electron chi connectivity index (χ1n) is 1.93. The molecule has 36 valence electrons. The molecule has 0 aromatic rings. The van der Waals surface area contributed by atoms with Crippen LogP contribution in [0.5, 0.6) is 0 Å². The van der Waals surface area contributed by atoms with E-state index >= 15 is 0 Å². The molecule has 0 aliphatic heterocycles. The maximum atomic E-state index is 4.64. The molecule has 0 unspecified atom stereocenters. The highest BCUT2D eigenvalue weighted by Crippen LogP contribution is 1.84. The zero-order valence-corrected chi connectivity index (χ0v) is 4.49. The largest absolute Gasteiger partial charge is 0.504 e. The summed E-state index contributed by atoms with van der Waals surface area (Å²) in [5.74, 6) is 0. The van der Waals surface area contributed by atoms with E-state index in [0.717, 1.165) is 0 Å². The topological polar surface area (TPSA) is 9.23 Å². The molecule has 1 nitrogen and oxygen atoms in total. The van der Waals surface area contributed by atoms with Crippen LogP contribution in [-0.2, 0) is 4.74 Å². The zero-order valence-electron chi connectivity index (χ0n) is 4.49. The molecule has 1 heteroatoms. The molecule has 0 radical (unpaired) electrons. The van der Waals surface area contributed by atoms with Crippen LogP contribution in [0.2, 0.25) is 0 Å². The van der Waals surface area contributed by atoms with Crippen LogP contribution < -0.4 is 0 Å². The second-order valence-electron chi connectivity index (χ2n) is 1.43. The first-order chi connectivity index (χ1) is 2.77. The molecule has 0 saturated heterocycles. The predicted octanol–water partition coefficient (Wildman–Crippen LogP) is 1.56. The Morgan fingerprint density at radius 1 is 1.50 bits per heavy atom. The minimum absolute atomic E-state index is 1.19. The van der Waals surface area contributed by atoms with Gasteiger partial charge in [-0.15, -0.1) is 0 Å². The minimum Gasteiger partial charge on any atom is -0.504 e. The average molecular weight is 86.1 g/mol. The summed E-state index contributed by atoms with van der Waals surface area (Å²) in [4.78, 5) is 0. The molecule has 0 fully saturated rings. The summed E-state index contributed by atoms with van der Waals surface area (Å²) in [5, 5.41) is 0. The standard InChI is InChI=1S/C5H10O/c1-5(2)4-6-3/h4H,1-3H3. The number of methoxy groups -OCH3 is 1. The van der Waals surface area contributed by atoms with Gasteiger partial charge in [0.25, 0.3) is 0 Å². The van der Waals surface area contributed by atoms with Crippen molar-refractivity contribution in [1.82, 2.24) is 0 Å². The summed E-state index contributed by atoms with van der Waals surface area (Å²) in [6.45, 7) is 3.98. The fourth-order valence-electron chi connectivity index (χ4n) is 0.236. The molecule has 6 heavy (non-hydrogen) atoms. The van der Waals surface area contributed by atoms with Crippen LogP contribution in [0.3, 0.4) is 0 Å². The summed E-state index contributed by atoms with van der Waals surface area (Å²) in [6, 6.07) is 0. The van der Waals surface area contributed by atoms with Gasteiger partial charge in [-0.1, -0.05) is 0 Å². The minimum atomic E-state index is 1.19. The van der Waals surface area contributed by atoms with Crippen molar-refractivity contribution in [3.8, 4) is 0 Å². The fraction of sp³-hybridized carbons (Fsp3) is 0.600. The van der Waals surface area contributed by atoms with Crippen molar-refractivity contribution in [1.29, 1.82) is 0 Å². The van der Waals surface area contributed by atoms with Crippen molar-refractivity contribution in [2.45, 2.75) is 13.8 Å². The average Bonchev–Trinajstić information content (AvgIpc) is 1.35. The van der Waals surface area contributed by atoms with E-state index in [9.17, 15) is 0 Å². The Bertz CT molecular complexity index is 51.0. The summed E-state index contributed by atoms with van der Waals surface area (Å²) in [5.41, 5.74) is 1.19. The summed E-state index contributed by atoms with van der Waals surface area (Å²) in [6.07, 6.45) is 1.71. The highest BCUT2D eigenvalue weighted by atomic mass is 16.5. The van der Waals surface area contributed by atoms with Gasteiger partial charge in [-0.3, -0.25) is 0 Å². The Morgan fingerprint density at radius 2 is 2.00 bits per heavy atom. The normalized spacial score (nSPS) is 7.17. The SMILES string of the molecule is COC=C(C)C. The molecule has 0 N–H and O–H groups in total. The number of rotatable bonds is 1. The molecular weight excluding hydrogens is 76.1 g/mol. The Kier molecular flexibility index (Phi) is 2.55. The lowest BCUT2D eigenvalue weighted by Crippen LogP contribution is -1.66. The van der Waals surface area contributed by atoms with E-state index in [4.69, 9.17) is 0 Å². The molecule has 0 aromatic carbocycles. The second-order valence-corrected chi connectivity index (χ2v) is 1.43. The van der Waals surface area contributed by atoms with Crippen molar-refractivity contribution in [2.75, 3.05) is 7.11 Å². The van der Waals surface area contributed by atoms with Gasteiger partial charge in [0.05, 0.1) is 13.4 Å². The Labute approximate surface area is 38.6 Å². The van der Waals surface area contributed by atoms with Gasteiger partial charge in [-0.05, 0) is 19.4 Å². The molecule has 0 amide bonds. The Hall–Kier alpha value is -0.460. The third-order valence-corrected chi connectivity index (χ3v) is 0.354. The van der Waals surface area contributed by atoms with Crippen molar-refractivity contribution in [2.24, 2.45) is 0 Å². The first kappa shape index (κ1) is 5.54. The number of hydrogen-bond donors (Lipinski definition) is 0. The maximum Gasteiger partial charge on any atom is 0.0810 e. The van der Waals surface area contributed by atoms with E-state index in [1.807, 2.05) is 13.8 Å². The van der Waals surface area contributed by atoms with Gasteiger partial charge in [0.2, 0.25) is 0 Å². The smallest absolute Gasteiger partial charge is 0.0810 e. The van der Waals surface area contributed by atoms with E-state index in [0.29, 0.717) is 0 Å². The molecule has 0 heterocycles. The van der Waals surface area contributed by atoms with Crippen molar-refractivity contribution in [3.05, 3.63) is 11.8 Å². The molecule has 0 aromatic heterocycles. The van der Waals surface area contributed by atoms with E-state index in [1.54, 1.807) is 13.4 Å². The van der Waals surface area contributed by atoms with Crippen LogP contribution in [0.4, 0.5) is 0 Å². The fourth-order valence-corrected chi connectivity index (χ4v) is 0.236. The van der Waals surface area contributed by atoms with Crippen LogP contribution in [0.1, 0.15) is 13.8 Å². The Morgan fingerprint density at radius 3 is 2.00 bits per heavy atom. The highest BCUT2D eigenvalue weighted by molar-refractivity contribution is 4.85. The molecule has 0 atom stereocenters. The first-order valence-corrected chi connectivity index (χ1v) is 1.93. The highest BCUT2D eigenvalue weighted by Gasteiger charge is 1.67. The van der Waals surface area contributed by atoms with Crippen LogP contribution >= 0.6 is 0 Å². The third-order valence-electron chi connectivity index (χ3n) is 0.354. The molecule has 0 rings (SSSR count). The zero-order chi connectivity index (χ0) is 4.99. The lowest BCUT2D eigenvalue weighted by atomic mass is 10.4. The van der Waals surface area contributed by atoms with E-state index < -0.39 is 0 Å². The number of hydrogen-bond acceptors (Lipinski definition) is 1. The summed E-state index contributed by atoms with van der Waals surface area (Å²) < 4.78 is 4.64. The lowest BCUT2D eigenvalue weighted by Gasteiger charge is -1.85. The van der Waals surface area contributed by atoms with Gasteiger partial charge in [-0.2, -0.15) is 0 Å². The van der Waals surface area contributed by atoms with Gasteiger partial charge in [-0.25, -0.2) is 0 Å². The summed E-state index contributed by atoms with van der Waals surface area (Å²) >= 11 is 0. The molecular formula is C5H10O. The van der Waals surface area contributed by atoms with E-state index in [1.165, 1.54) is 5.57 Å². The lowest BCUT2D eigenvalue weighted by molar-refractivity contribution is 0.334. The molecule has 0 spiro atoms. The Balaban J connectivity index is 3.14. The molecule has 0 aliphatic rings. The monoisotopic (exact) mass is 86.1 g/mol. The van der Waals surface area contributed by atoms with Crippen molar-refractivity contribution >= 4 is 0 Å². The van der Waals surface area contributed by atoms with E-state index in [-0.39, 0.29) is 0 Å². The number of allylic oxidation sites excluding steroid dienone is 1. The van der Waals surface area contributed by atoms with Gasteiger partial charge >= 0.3 is 0 Å². The van der Waals surface area contributed by atoms with Crippen LogP contribution in [-0.4, -0.2) is 7.11 Å². The number of ether oxygens (including phenoxy) is 1. The van der Waals surface area contributed by atoms with Gasteiger partial charge in [0.15, 0.2) is 0 Å².